The number of rotatable bonds is 3. The van der Waals surface area contributed by atoms with Gasteiger partial charge in [0, 0.05) is 0 Å². The number of imide groups is 1. The summed E-state index contributed by atoms with van der Waals surface area (Å²) in [6.45, 7) is 8.70. The minimum absolute atomic E-state index is 0.0432. The van der Waals surface area contributed by atoms with E-state index in [2.05, 4.69) is 39.8 Å². The van der Waals surface area contributed by atoms with E-state index in [1.54, 1.807) is 12.1 Å². The van der Waals surface area contributed by atoms with Gasteiger partial charge in [-0.1, -0.05) is 39.8 Å². The number of amides is 2. The summed E-state index contributed by atoms with van der Waals surface area (Å²) in [5, 5.41) is 0. The van der Waals surface area contributed by atoms with Crippen molar-refractivity contribution in [2.75, 3.05) is 4.90 Å². The number of nitrogens with zero attached hydrogens (tertiary/aromatic N) is 1. The molecule has 29 heavy (non-hydrogen) atoms. The highest BCUT2D eigenvalue weighted by Gasteiger charge is 2.49. The zero-order chi connectivity index (χ0) is 20.8. The smallest absolute Gasteiger partial charge is 0.237 e. The third kappa shape index (κ3) is 3.81. The Balaban J connectivity index is 1.48. The Morgan fingerprint density at radius 2 is 1.38 bits per heavy atom. The largest absolute Gasteiger partial charge is 0.457 e. The SMILES string of the molecule is C[C@H]1CC[C@@H]2C(=O)N(c3ccc(Oc4ccc(C(C)(C)C)cc4)cc3)C(=O)[C@@H]2C1. The van der Waals surface area contributed by atoms with E-state index in [0.717, 1.165) is 25.0 Å². The van der Waals surface area contributed by atoms with E-state index in [9.17, 15) is 9.59 Å². The summed E-state index contributed by atoms with van der Waals surface area (Å²) in [6, 6.07) is 15.3. The Labute approximate surface area is 172 Å². The highest BCUT2D eigenvalue weighted by atomic mass is 16.5. The number of hydrogen-bond acceptors (Lipinski definition) is 3. The van der Waals surface area contributed by atoms with Crippen molar-refractivity contribution < 1.29 is 14.3 Å². The van der Waals surface area contributed by atoms with Crippen LogP contribution in [0, 0.1) is 17.8 Å². The van der Waals surface area contributed by atoms with Gasteiger partial charge in [-0.15, -0.1) is 0 Å². The Morgan fingerprint density at radius 1 is 0.828 bits per heavy atom. The quantitative estimate of drug-likeness (QED) is 0.630. The first-order valence-electron chi connectivity index (χ1n) is 10.5. The molecule has 2 aromatic carbocycles. The highest BCUT2D eigenvalue weighted by Crippen LogP contribution is 2.42. The fourth-order valence-electron chi connectivity index (χ4n) is 4.47. The molecule has 0 aromatic heterocycles. The molecule has 0 spiro atoms. The molecular formula is C25H29NO3. The van der Waals surface area contributed by atoms with Crippen molar-refractivity contribution in [2.45, 2.75) is 52.4 Å². The lowest BCUT2D eigenvalue weighted by molar-refractivity contribution is -0.122. The van der Waals surface area contributed by atoms with Gasteiger partial charge in [0.25, 0.3) is 0 Å². The van der Waals surface area contributed by atoms with Gasteiger partial charge < -0.3 is 4.74 Å². The summed E-state index contributed by atoms with van der Waals surface area (Å²) >= 11 is 0. The molecule has 2 fully saturated rings. The maximum atomic E-state index is 12.9. The van der Waals surface area contributed by atoms with Crippen molar-refractivity contribution >= 4 is 17.5 Å². The van der Waals surface area contributed by atoms with Crippen molar-refractivity contribution in [3.05, 3.63) is 54.1 Å². The number of benzene rings is 2. The molecule has 0 bridgehead atoms. The fraction of sp³-hybridized carbons (Fsp3) is 0.440. The lowest BCUT2D eigenvalue weighted by Gasteiger charge is -2.25. The van der Waals surface area contributed by atoms with Gasteiger partial charge in [0.2, 0.25) is 11.8 Å². The van der Waals surface area contributed by atoms with Gasteiger partial charge in [-0.25, -0.2) is 0 Å². The third-order valence-corrected chi connectivity index (χ3v) is 6.24. The van der Waals surface area contributed by atoms with E-state index >= 15 is 0 Å². The van der Waals surface area contributed by atoms with Crippen LogP contribution in [0.5, 0.6) is 11.5 Å². The fourth-order valence-corrected chi connectivity index (χ4v) is 4.47. The monoisotopic (exact) mass is 391 g/mol. The number of carbonyl (C=O) groups is 2. The van der Waals surface area contributed by atoms with E-state index in [0.29, 0.717) is 17.4 Å². The first-order valence-corrected chi connectivity index (χ1v) is 10.5. The topological polar surface area (TPSA) is 46.6 Å². The lowest BCUT2D eigenvalue weighted by Crippen LogP contribution is -2.30. The van der Waals surface area contributed by atoms with E-state index in [-0.39, 0.29) is 29.1 Å². The van der Waals surface area contributed by atoms with Gasteiger partial charge in [0.15, 0.2) is 0 Å². The van der Waals surface area contributed by atoms with Crippen molar-refractivity contribution in [3.63, 3.8) is 0 Å². The van der Waals surface area contributed by atoms with Crippen molar-refractivity contribution in [2.24, 2.45) is 17.8 Å². The molecule has 4 heteroatoms. The minimum atomic E-state index is -0.150. The lowest BCUT2D eigenvalue weighted by atomic mass is 9.76. The predicted molar refractivity (Wildman–Crippen MR) is 114 cm³/mol. The molecule has 1 aliphatic carbocycles. The van der Waals surface area contributed by atoms with Gasteiger partial charge in [-0.05, 0) is 72.6 Å². The molecule has 152 valence electrons. The molecule has 4 nitrogen and oxygen atoms in total. The number of hydrogen-bond donors (Lipinski definition) is 0. The Kier molecular flexibility index (Phi) is 4.97. The molecule has 1 heterocycles. The average molecular weight is 392 g/mol. The first-order chi connectivity index (χ1) is 13.7. The van der Waals surface area contributed by atoms with Crippen LogP contribution in [0.25, 0.3) is 0 Å². The highest BCUT2D eigenvalue weighted by molar-refractivity contribution is 6.22. The molecule has 1 saturated heterocycles. The van der Waals surface area contributed by atoms with Gasteiger partial charge >= 0.3 is 0 Å². The van der Waals surface area contributed by atoms with E-state index in [1.165, 1.54) is 10.5 Å². The van der Waals surface area contributed by atoms with E-state index in [4.69, 9.17) is 4.74 Å². The van der Waals surface area contributed by atoms with Crippen LogP contribution < -0.4 is 9.64 Å². The second-order valence-corrected chi connectivity index (χ2v) is 9.51. The van der Waals surface area contributed by atoms with Crippen molar-refractivity contribution in [1.29, 1.82) is 0 Å². The molecule has 1 aliphatic heterocycles. The maximum Gasteiger partial charge on any atom is 0.237 e. The van der Waals surface area contributed by atoms with E-state index in [1.807, 2.05) is 24.3 Å². The van der Waals surface area contributed by atoms with Crippen LogP contribution in [0.2, 0.25) is 0 Å². The second-order valence-electron chi connectivity index (χ2n) is 9.51. The predicted octanol–water partition coefficient (Wildman–Crippen LogP) is 5.70. The van der Waals surface area contributed by atoms with Crippen LogP contribution in [0.4, 0.5) is 5.69 Å². The van der Waals surface area contributed by atoms with Gasteiger partial charge in [0.1, 0.15) is 11.5 Å². The number of anilines is 1. The Bertz CT molecular complexity index is 909. The van der Waals surface area contributed by atoms with Crippen molar-refractivity contribution in [3.8, 4) is 11.5 Å². The van der Waals surface area contributed by atoms with Crippen LogP contribution in [-0.2, 0) is 15.0 Å². The Morgan fingerprint density at radius 3 is 1.97 bits per heavy atom. The molecule has 0 N–H and O–H groups in total. The van der Waals surface area contributed by atoms with Crippen LogP contribution >= 0.6 is 0 Å². The maximum absolute atomic E-state index is 12.9. The molecular weight excluding hydrogens is 362 g/mol. The molecule has 2 aliphatic rings. The molecule has 1 saturated carbocycles. The zero-order valence-electron chi connectivity index (χ0n) is 17.6. The standard InChI is InChI=1S/C25H29NO3/c1-16-5-14-21-22(15-16)24(28)26(23(21)27)18-8-12-20(13-9-18)29-19-10-6-17(7-11-19)25(2,3)4/h6-13,16,21-22H,5,14-15H2,1-4H3/t16-,21-,22+/m0/s1. The Hall–Kier alpha value is -2.62. The van der Waals surface area contributed by atoms with Crippen LogP contribution in [-0.4, -0.2) is 11.8 Å². The summed E-state index contributed by atoms with van der Waals surface area (Å²) in [4.78, 5) is 27.1. The van der Waals surface area contributed by atoms with Gasteiger partial charge in [-0.3, -0.25) is 14.5 Å². The number of ether oxygens (including phenoxy) is 1. The van der Waals surface area contributed by atoms with Crippen molar-refractivity contribution in [1.82, 2.24) is 0 Å². The molecule has 0 unspecified atom stereocenters. The zero-order valence-corrected chi connectivity index (χ0v) is 17.6. The summed E-state index contributed by atoms with van der Waals surface area (Å²) < 4.78 is 5.94. The summed E-state index contributed by atoms with van der Waals surface area (Å²) in [6.07, 6.45) is 2.66. The van der Waals surface area contributed by atoms with Gasteiger partial charge in [-0.2, -0.15) is 0 Å². The van der Waals surface area contributed by atoms with Crippen LogP contribution in [0.15, 0.2) is 48.5 Å². The van der Waals surface area contributed by atoms with Gasteiger partial charge in [0.05, 0.1) is 17.5 Å². The third-order valence-electron chi connectivity index (χ3n) is 6.24. The molecule has 2 amide bonds. The minimum Gasteiger partial charge on any atom is -0.457 e. The summed E-state index contributed by atoms with van der Waals surface area (Å²) in [7, 11) is 0. The molecule has 4 rings (SSSR count). The first kappa shape index (κ1) is 19.7. The molecule has 3 atom stereocenters. The molecule has 0 radical (unpaired) electrons. The average Bonchev–Trinajstić information content (AvgIpc) is 2.92. The molecule has 2 aromatic rings. The second kappa shape index (κ2) is 7.33. The summed E-state index contributed by atoms with van der Waals surface area (Å²) in [5.41, 5.74) is 1.99. The normalized spacial score (nSPS) is 24.6. The van der Waals surface area contributed by atoms with E-state index < -0.39 is 0 Å². The summed E-state index contributed by atoms with van der Waals surface area (Å²) in [5.74, 6) is 1.57. The van der Waals surface area contributed by atoms with Crippen LogP contribution in [0.3, 0.4) is 0 Å². The van der Waals surface area contributed by atoms with Crippen LogP contribution in [0.1, 0.15) is 52.5 Å². The number of fused-ring (bicyclic) bond motifs is 1. The number of carbonyl (C=O) groups excluding carboxylic acids is 2.